The topological polar surface area (TPSA) is 64.1 Å². The molecule has 1 aromatic rings. The molecule has 2 rings (SSSR count). The Morgan fingerprint density at radius 3 is 2.94 bits per heavy atom. The van der Waals surface area contributed by atoms with Crippen LogP contribution in [-0.2, 0) is 4.74 Å². The molecule has 0 spiro atoms. The summed E-state index contributed by atoms with van der Waals surface area (Å²) >= 11 is 0. The van der Waals surface area contributed by atoms with E-state index < -0.39 is 5.97 Å². The molecule has 1 aliphatic carbocycles. The summed E-state index contributed by atoms with van der Waals surface area (Å²) in [6.07, 6.45) is 5.19. The van der Waals surface area contributed by atoms with Gasteiger partial charge < -0.3 is 10.1 Å². The van der Waals surface area contributed by atoms with Gasteiger partial charge in [0.15, 0.2) is 0 Å². The molecule has 5 nitrogen and oxygen atoms in total. The third-order valence-corrected chi connectivity index (χ3v) is 3.01. The molecule has 1 saturated carbocycles. The standard InChI is InChI=1S/C13H19N3O2/c1-9-8-11(14-7-3-4-10-5-6-10)16-12(15-9)13(17)18-2/h8,10H,3-7H2,1-2H3,(H,14,15,16). The molecule has 0 bridgehead atoms. The SMILES string of the molecule is COC(=O)c1nc(C)cc(NCCCC2CC2)n1. The van der Waals surface area contributed by atoms with Gasteiger partial charge in [-0.25, -0.2) is 14.8 Å². The normalized spacial score (nSPS) is 14.3. The number of hydrogen-bond acceptors (Lipinski definition) is 5. The first-order chi connectivity index (χ1) is 8.69. The van der Waals surface area contributed by atoms with Crippen LogP contribution in [0.5, 0.6) is 0 Å². The Bertz CT molecular complexity index is 430. The van der Waals surface area contributed by atoms with Gasteiger partial charge in [-0.05, 0) is 25.7 Å². The molecule has 1 N–H and O–H groups in total. The summed E-state index contributed by atoms with van der Waals surface area (Å²) in [5.41, 5.74) is 0.759. The minimum absolute atomic E-state index is 0.113. The molecule has 0 saturated heterocycles. The van der Waals surface area contributed by atoms with E-state index in [1.54, 1.807) is 0 Å². The van der Waals surface area contributed by atoms with Crippen molar-refractivity contribution in [3.05, 3.63) is 17.6 Å². The first-order valence-electron chi connectivity index (χ1n) is 6.37. The van der Waals surface area contributed by atoms with Crippen molar-refractivity contribution in [3.8, 4) is 0 Å². The van der Waals surface area contributed by atoms with Gasteiger partial charge in [-0.15, -0.1) is 0 Å². The second-order valence-corrected chi connectivity index (χ2v) is 4.72. The average molecular weight is 249 g/mol. The van der Waals surface area contributed by atoms with Crippen LogP contribution in [-0.4, -0.2) is 29.6 Å². The number of carbonyl (C=O) groups is 1. The van der Waals surface area contributed by atoms with Crippen LogP contribution in [0.25, 0.3) is 0 Å². The minimum Gasteiger partial charge on any atom is -0.463 e. The number of rotatable bonds is 6. The first-order valence-corrected chi connectivity index (χ1v) is 6.37. The Labute approximate surface area is 107 Å². The molecule has 98 valence electrons. The maximum atomic E-state index is 11.4. The van der Waals surface area contributed by atoms with Crippen molar-refractivity contribution in [1.29, 1.82) is 0 Å². The maximum Gasteiger partial charge on any atom is 0.376 e. The zero-order valence-corrected chi connectivity index (χ0v) is 10.9. The van der Waals surface area contributed by atoms with Crippen molar-refractivity contribution in [2.45, 2.75) is 32.6 Å². The van der Waals surface area contributed by atoms with Crippen molar-refractivity contribution < 1.29 is 9.53 Å². The number of hydrogen-bond donors (Lipinski definition) is 1. The second-order valence-electron chi connectivity index (χ2n) is 4.72. The van der Waals surface area contributed by atoms with Crippen LogP contribution in [0.1, 0.15) is 42.0 Å². The highest BCUT2D eigenvalue weighted by atomic mass is 16.5. The van der Waals surface area contributed by atoms with Gasteiger partial charge in [-0.2, -0.15) is 0 Å². The van der Waals surface area contributed by atoms with Crippen molar-refractivity contribution in [1.82, 2.24) is 9.97 Å². The largest absolute Gasteiger partial charge is 0.463 e. The fraction of sp³-hybridized carbons (Fsp3) is 0.615. The van der Waals surface area contributed by atoms with Crippen molar-refractivity contribution in [3.63, 3.8) is 0 Å². The Morgan fingerprint density at radius 1 is 1.50 bits per heavy atom. The molecule has 0 unspecified atom stereocenters. The summed E-state index contributed by atoms with van der Waals surface area (Å²) < 4.78 is 4.62. The van der Waals surface area contributed by atoms with Gasteiger partial charge in [0, 0.05) is 18.3 Å². The molecule has 1 aromatic heterocycles. The molecule has 5 heteroatoms. The molecule has 1 fully saturated rings. The highest BCUT2D eigenvalue weighted by Crippen LogP contribution is 2.33. The van der Waals surface area contributed by atoms with E-state index >= 15 is 0 Å². The first kappa shape index (κ1) is 12.8. The van der Waals surface area contributed by atoms with Crippen LogP contribution in [0.4, 0.5) is 5.82 Å². The van der Waals surface area contributed by atoms with Crippen LogP contribution in [0.15, 0.2) is 6.07 Å². The number of esters is 1. The summed E-state index contributed by atoms with van der Waals surface area (Å²) in [6, 6.07) is 1.84. The van der Waals surface area contributed by atoms with Gasteiger partial charge in [-0.3, -0.25) is 0 Å². The van der Waals surface area contributed by atoms with E-state index in [0.29, 0.717) is 5.82 Å². The molecule has 1 heterocycles. The number of ether oxygens (including phenoxy) is 1. The van der Waals surface area contributed by atoms with E-state index in [0.717, 1.165) is 24.6 Å². The van der Waals surface area contributed by atoms with Crippen molar-refractivity contribution in [2.24, 2.45) is 5.92 Å². The van der Waals surface area contributed by atoms with Gasteiger partial charge in [0.1, 0.15) is 5.82 Å². The number of aryl methyl sites for hydroxylation is 1. The van der Waals surface area contributed by atoms with Gasteiger partial charge in [0.2, 0.25) is 5.82 Å². The zero-order valence-electron chi connectivity index (χ0n) is 10.9. The molecule has 0 aliphatic heterocycles. The molecular formula is C13H19N3O2. The van der Waals surface area contributed by atoms with Gasteiger partial charge in [0.05, 0.1) is 7.11 Å². The van der Waals surface area contributed by atoms with Crippen molar-refractivity contribution in [2.75, 3.05) is 19.0 Å². The molecular weight excluding hydrogens is 230 g/mol. The highest BCUT2D eigenvalue weighted by Gasteiger charge is 2.20. The third-order valence-electron chi connectivity index (χ3n) is 3.01. The van der Waals surface area contributed by atoms with Gasteiger partial charge in [-0.1, -0.05) is 12.8 Å². The van der Waals surface area contributed by atoms with Crippen LogP contribution in [0.2, 0.25) is 0 Å². The molecule has 0 atom stereocenters. The second kappa shape index (κ2) is 5.80. The zero-order chi connectivity index (χ0) is 13.0. The van der Waals surface area contributed by atoms with E-state index in [1.807, 2.05) is 13.0 Å². The van der Waals surface area contributed by atoms with Crippen molar-refractivity contribution >= 4 is 11.8 Å². The predicted molar refractivity (Wildman–Crippen MR) is 68.6 cm³/mol. The third kappa shape index (κ3) is 3.68. The number of aromatic nitrogens is 2. The van der Waals surface area contributed by atoms with E-state index in [4.69, 9.17) is 0 Å². The van der Waals surface area contributed by atoms with Crippen LogP contribution >= 0.6 is 0 Å². The fourth-order valence-electron chi connectivity index (χ4n) is 1.86. The van der Waals surface area contributed by atoms with Crippen LogP contribution in [0, 0.1) is 12.8 Å². The Kier molecular flexibility index (Phi) is 4.12. The fourth-order valence-corrected chi connectivity index (χ4v) is 1.86. The lowest BCUT2D eigenvalue weighted by Gasteiger charge is -2.07. The minimum atomic E-state index is -0.500. The van der Waals surface area contributed by atoms with E-state index in [2.05, 4.69) is 20.0 Å². The quantitative estimate of drug-likeness (QED) is 0.618. The Morgan fingerprint density at radius 2 is 2.28 bits per heavy atom. The van der Waals surface area contributed by atoms with E-state index in [9.17, 15) is 4.79 Å². The lowest BCUT2D eigenvalue weighted by atomic mass is 10.2. The summed E-state index contributed by atoms with van der Waals surface area (Å²) in [5.74, 6) is 1.25. The average Bonchev–Trinajstić information content (AvgIpc) is 3.17. The van der Waals surface area contributed by atoms with E-state index in [1.165, 1.54) is 26.4 Å². The lowest BCUT2D eigenvalue weighted by molar-refractivity contribution is 0.0586. The Balaban J connectivity index is 1.89. The predicted octanol–water partition coefficient (Wildman–Crippen LogP) is 2.17. The van der Waals surface area contributed by atoms with Gasteiger partial charge >= 0.3 is 5.97 Å². The lowest BCUT2D eigenvalue weighted by Crippen LogP contribution is -2.12. The summed E-state index contributed by atoms with van der Waals surface area (Å²) in [6.45, 7) is 2.72. The number of methoxy groups -OCH3 is 1. The Hall–Kier alpha value is -1.65. The summed E-state index contributed by atoms with van der Waals surface area (Å²) in [7, 11) is 1.33. The van der Waals surface area contributed by atoms with Crippen LogP contribution < -0.4 is 5.32 Å². The smallest absolute Gasteiger partial charge is 0.376 e. The number of carbonyl (C=O) groups excluding carboxylic acids is 1. The molecule has 0 radical (unpaired) electrons. The summed E-state index contributed by atoms with van der Waals surface area (Å²) in [5, 5.41) is 3.23. The van der Waals surface area contributed by atoms with Crippen LogP contribution in [0.3, 0.4) is 0 Å². The number of anilines is 1. The molecule has 0 amide bonds. The molecule has 0 aromatic carbocycles. The number of nitrogens with zero attached hydrogens (tertiary/aromatic N) is 2. The number of nitrogens with one attached hydrogen (secondary N) is 1. The molecule has 18 heavy (non-hydrogen) atoms. The molecule has 1 aliphatic rings. The monoisotopic (exact) mass is 249 g/mol. The van der Waals surface area contributed by atoms with Gasteiger partial charge in [0.25, 0.3) is 0 Å². The summed E-state index contributed by atoms with van der Waals surface area (Å²) in [4.78, 5) is 19.6. The van der Waals surface area contributed by atoms with E-state index in [-0.39, 0.29) is 5.82 Å². The maximum absolute atomic E-state index is 11.4. The highest BCUT2D eigenvalue weighted by molar-refractivity contribution is 5.85.